The van der Waals surface area contributed by atoms with Crippen LogP contribution in [0.3, 0.4) is 0 Å². The summed E-state index contributed by atoms with van der Waals surface area (Å²) in [6, 6.07) is 5.99. The molecular formula is C29H47N3O4. The molecule has 0 heterocycles. The van der Waals surface area contributed by atoms with Gasteiger partial charge in [0.2, 0.25) is 11.8 Å². The van der Waals surface area contributed by atoms with E-state index in [1.165, 1.54) is 6.42 Å². The topological polar surface area (TPSA) is 87.7 Å². The van der Waals surface area contributed by atoms with Crippen LogP contribution < -0.4 is 10.6 Å². The van der Waals surface area contributed by atoms with E-state index in [-0.39, 0.29) is 29.8 Å². The van der Waals surface area contributed by atoms with Gasteiger partial charge in [-0.3, -0.25) is 9.59 Å². The van der Waals surface area contributed by atoms with Gasteiger partial charge in [-0.2, -0.15) is 0 Å². The first-order valence-electron chi connectivity index (χ1n) is 13.5. The first-order valence-corrected chi connectivity index (χ1v) is 13.5. The molecule has 0 aliphatic heterocycles. The second-order valence-electron chi connectivity index (χ2n) is 11.5. The number of alkyl carbamates (subject to hydrolysis) is 1. The predicted molar refractivity (Wildman–Crippen MR) is 144 cm³/mol. The maximum absolute atomic E-state index is 14.2. The van der Waals surface area contributed by atoms with E-state index in [4.69, 9.17) is 4.74 Å². The number of carbonyl (C=O) groups is 3. The van der Waals surface area contributed by atoms with Crippen molar-refractivity contribution in [1.82, 2.24) is 15.5 Å². The fraction of sp³-hybridized carbons (Fsp3) is 0.690. The van der Waals surface area contributed by atoms with Crippen LogP contribution in [0.2, 0.25) is 0 Å². The standard InChI is InChI=1S/C29H47N3O4/c1-9-21(5)24(31-28(35)36-29(6,7)8)27(34)32(19(2)3)25(22-15-13-14-20(4)18-22)26(33)30-23-16-11-10-12-17-23/h13-15,18-19,21,23-25H,9-12,16-17H2,1-8H3,(H,30,33)(H,31,35). The minimum atomic E-state index is -0.818. The normalized spacial score (nSPS) is 17.1. The van der Waals surface area contributed by atoms with Crippen molar-refractivity contribution in [3.63, 3.8) is 0 Å². The molecule has 3 atom stereocenters. The highest BCUT2D eigenvalue weighted by molar-refractivity contribution is 5.92. The summed E-state index contributed by atoms with van der Waals surface area (Å²) in [4.78, 5) is 42.3. The average molecular weight is 502 g/mol. The molecule has 0 aromatic heterocycles. The van der Waals surface area contributed by atoms with Gasteiger partial charge in [-0.05, 0) is 65.9 Å². The Labute approximate surface area is 217 Å². The summed E-state index contributed by atoms with van der Waals surface area (Å²) in [6.07, 6.45) is 5.35. The van der Waals surface area contributed by atoms with E-state index < -0.39 is 23.8 Å². The Morgan fingerprint density at radius 2 is 1.72 bits per heavy atom. The zero-order chi connectivity index (χ0) is 27.0. The fourth-order valence-corrected chi connectivity index (χ4v) is 4.76. The maximum atomic E-state index is 14.2. The first-order chi connectivity index (χ1) is 16.8. The smallest absolute Gasteiger partial charge is 0.408 e. The number of hydrogen-bond donors (Lipinski definition) is 2. The van der Waals surface area contributed by atoms with E-state index in [1.807, 2.05) is 58.9 Å². The Kier molecular flexibility index (Phi) is 10.8. The highest BCUT2D eigenvalue weighted by atomic mass is 16.6. The Morgan fingerprint density at radius 1 is 1.08 bits per heavy atom. The summed E-state index contributed by atoms with van der Waals surface area (Å²) in [5.74, 6) is -0.601. The summed E-state index contributed by atoms with van der Waals surface area (Å²) in [6.45, 7) is 15.1. The van der Waals surface area contributed by atoms with Crippen molar-refractivity contribution in [2.75, 3.05) is 0 Å². The lowest BCUT2D eigenvalue weighted by molar-refractivity contribution is -0.146. The van der Waals surface area contributed by atoms with Crippen LogP contribution in [0, 0.1) is 12.8 Å². The van der Waals surface area contributed by atoms with Crippen LogP contribution in [-0.2, 0) is 14.3 Å². The van der Waals surface area contributed by atoms with E-state index >= 15 is 0 Å². The van der Waals surface area contributed by atoms with E-state index in [9.17, 15) is 14.4 Å². The molecule has 36 heavy (non-hydrogen) atoms. The highest BCUT2D eigenvalue weighted by Crippen LogP contribution is 2.28. The van der Waals surface area contributed by atoms with Gasteiger partial charge in [0.25, 0.3) is 0 Å². The van der Waals surface area contributed by atoms with Gasteiger partial charge in [0.1, 0.15) is 17.7 Å². The molecular weight excluding hydrogens is 454 g/mol. The number of aryl methyl sites for hydroxylation is 1. The first kappa shape index (κ1) is 29.7. The molecule has 1 fully saturated rings. The number of nitrogens with one attached hydrogen (secondary N) is 2. The lowest BCUT2D eigenvalue weighted by Crippen LogP contribution is -2.57. The molecule has 7 heteroatoms. The van der Waals surface area contributed by atoms with Crippen LogP contribution in [0.15, 0.2) is 24.3 Å². The van der Waals surface area contributed by atoms with Crippen molar-refractivity contribution in [2.24, 2.45) is 5.92 Å². The number of carbonyl (C=O) groups excluding carboxylic acids is 3. The molecule has 2 rings (SSSR count). The minimum Gasteiger partial charge on any atom is -0.444 e. The van der Waals surface area contributed by atoms with Gasteiger partial charge in [0.05, 0.1) is 0 Å². The predicted octanol–water partition coefficient (Wildman–Crippen LogP) is 5.66. The van der Waals surface area contributed by atoms with Crippen LogP contribution in [0.25, 0.3) is 0 Å². The van der Waals surface area contributed by atoms with Crippen LogP contribution in [-0.4, -0.2) is 46.5 Å². The van der Waals surface area contributed by atoms with E-state index in [2.05, 4.69) is 10.6 Å². The molecule has 3 unspecified atom stereocenters. The summed E-state index contributed by atoms with van der Waals surface area (Å²) < 4.78 is 5.46. The summed E-state index contributed by atoms with van der Waals surface area (Å²) in [7, 11) is 0. The Bertz CT molecular complexity index is 887. The van der Waals surface area contributed by atoms with Crippen molar-refractivity contribution in [3.8, 4) is 0 Å². The average Bonchev–Trinajstić information content (AvgIpc) is 2.79. The molecule has 1 aliphatic rings. The molecule has 0 saturated heterocycles. The van der Waals surface area contributed by atoms with Crippen LogP contribution in [0.5, 0.6) is 0 Å². The number of nitrogens with zero attached hydrogens (tertiary/aromatic N) is 1. The molecule has 1 aromatic carbocycles. The van der Waals surface area contributed by atoms with Crippen molar-refractivity contribution in [2.45, 2.75) is 124 Å². The molecule has 3 amide bonds. The summed E-state index contributed by atoms with van der Waals surface area (Å²) in [5.41, 5.74) is 1.10. The molecule has 1 aliphatic carbocycles. The second kappa shape index (κ2) is 13.1. The van der Waals surface area contributed by atoms with Gasteiger partial charge in [0, 0.05) is 12.1 Å². The molecule has 1 aromatic rings. The molecule has 0 radical (unpaired) electrons. The number of rotatable bonds is 9. The lowest BCUT2D eigenvalue weighted by Gasteiger charge is -2.39. The number of amides is 3. The Hall–Kier alpha value is -2.57. The SMILES string of the molecule is CCC(C)C(NC(=O)OC(C)(C)C)C(=O)N(C(C)C)C(C(=O)NC1CCCCC1)c1cccc(C)c1. The van der Waals surface area contributed by atoms with Crippen LogP contribution >= 0.6 is 0 Å². The van der Waals surface area contributed by atoms with Gasteiger partial charge < -0.3 is 20.3 Å². The second-order valence-corrected chi connectivity index (χ2v) is 11.5. The van der Waals surface area contributed by atoms with E-state index in [0.717, 1.165) is 36.8 Å². The zero-order valence-electron chi connectivity index (χ0n) is 23.5. The van der Waals surface area contributed by atoms with Gasteiger partial charge in [-0.15, -0.1) is 0 Å². The Morgan fingerprint density at radius 3 is 2.25 bits per heavy atom. The van der Waals surface area contributed by atoms with E-state index in [0.29, 0.717) is 6.42 Å². The van der Waals surface area contributed by atoms with Crippen LogP contribution in [0.4, 0.5) is 4.79 Å². The number of benzene rings is 1. The van der Waals surface area contributed by atoms with Crippen molar-refractivity contribution < 1.29 is 19.1 Å². The summed E-state index contributed by atoms with van der Waals surface area (Å²) in [5, 5.41) is 6.05. The quantitative estimate of drug-likeness (QED) is 0.457. The molecule has 1 saturated carbocycles. The number of hydrogen-bond acceptors (Lipinski definition) is 4. The van der Waals surface area contributed by atoms with Gasteiger partial charge in [0.15, 0.2) is 0 Å². The summed E-state index contributed by atoms with van der Waals surface area (Å²) >= 11 is 0. The Balaban J connectivity index is 2.45. The molecule has 2 N–H and O–H groups in total. The monoisotopic (exact) mass is 501 g/mol. The molecule has 202 valence electrons. The molecule has 0 bridgehead atoms. The molecule has 7 nitrogen and oxygen atoms in total. The van der Waals surface area contributed by atoms with Gasteiger partial charge >= 0.3 is 6.09 Å². The van der Waals surface area contributed by atoms with Crippen molar-refractivity contribution in [1.29, 1.82) is 0 Å². The van der Waals surface area contributed by atoms with Crippen molar-refractivity contribution >= 4 is 17.9 Å². The maximum Gasteiger partial charge on any atom is 0.408 e. The fourth-order valence-electron chi connectivity index (χ4n) is 4.76. The third kappa shape index (κ3) is 8.52. The number of ether oxygens (including phenoxy) is 1. The largest absolute Gasteiger partial charge is 0.444 e. The highest BCUT2D eigenvalue weighted by Gasteiger charge is 2.40. The molecule has 0 spiro atoms. The van der Waals surface area contributed by atoms with Gasteiger partial charge in [-0.1, -0.05) is 69.4 Å². The van der Waals surface area contributed by atoms with Crippen molar-refractivity contribution in [3.05, 3.63) is 35.4 Å². The third-order valence-electron chi connectivity index (χ3n) is 6.80. The zero-order valence-corrected chi connectivity index (χ0v) is 23.5. The van der Waals surface area contributed by atoms with E-state index in [1.54, 1.807) is 25.7 Å². The third-order valence-corrected chi connectivity index (χ3v) is 6.80. The minimum absolute atomic E-state index is 0.118. The van der Waals surface area contributed by atoms with Gasteiger partial charge in [-0.25, -0.2) is 4.79 Å². The lowest BCUT2D eigenvalue weighted by atomic mass is 9.93. The van der Waals surface area contributed by atoms with Crippen LogP contribution in [0.1, 0.15) is 104 Å².